The van der Waals surface area contributed by atoms with Crippen molar-refractivity contribution in [2.45, 2.75) is 56.4 Å². The summed E-state index contributed by atoms with van der Waals surface area (Å²) in [6, 6.07) is 1.54. The Labute approximate surface area is 196 Å². The molecule has 1 aliphatic heterocycles. The number of nitrogens with zero attached hydrogens (tertiary/aromatic N) is 3. The van der Waals surface area contributed by atoms with Gasteiger partial charge in [0.15, 0.2) is 0 Å². The van der Waals surface area contributed by atoms with E-state index in [2.05, 4.69) is 20.2 Å². The van der Waals surface area contributed by atoms with Gasteiger partial charge in [-0.1, -0.05) is 0 Å². The molecule has 0 amide bonds. The fraction of sp³-hybridized carbons (Fsp3) is 0.714. The van der Waals surface area contributed by atoms with Crippen LogP contribution in [0.4, 0.5) is 19.0 Å². The van der Waals surface area contributed by atoms with Gasteiger partial charge in [0.1, 0.15) is 17.0 Å². The van der Waals surface area contributed by atoms with Gasteiger partial charge in [-0.3, -0.25) is 0 Å². The highest BCUT2D eigenvalue weighted by atomic mass is 32.2. The molecule has 0 spiro atoms. The Bertz CT molecular complexity index is 1040. The van der Waals surface area contributed by atoms with E-state index in [1.165, 1.54) is 6.33 Å². The van der Waals surface area contributed by atoms with E-state index in [9.17, 15) is 21.6 Å². The van der Waals surface area contributed by atoms with Crippen molar-refractivity contribution >= 4 is 37.4 Å². The van der Waals surface area contributed by atoms with Crippen LogP contribution in [-0.4, -0.2) is 60.9 Å². The lowest BCUT2D eigenvalue weighted by Crippen LogP contribution is -2.40. The van der Waals surface area contributed by atoms with Crippen LogP contribution in [-0.2, 0) is 16.4 Å². The first kappa shape index (κ1) is 24.6. The molecule has 2 aromatic rings. The van der Waals surface area contributed by atoms with Gasteiger partial charge in [-0.05, 0) is 69.5 Å². The van der Waals surface area contributed by atoms with Gasteiger partial charge < -0.3 is 10.2 Å². The number of alkyl halides is 3. The maximum atomic E-state index is 12.7. The van der Waals surface area contributed by atoms with Crippen LogP contribution in [0.3, 0.4) is 0 Å². The number of hydrogen-bond acceptors (Lipinski definition) is 7. The summed E-state index contributed by atoms with van der Waals surface area (Å²) in [4.78, 5) is 11.7. The van der Waals surface area contributed by atoms with Gasteiger partial charge >= 0.3 is 6.18 Å². The first-order valence-electron chi connectivity index (χ1n) is 11.3. The Morgan fingerprint density at radius 2 is 1.79 bits per heavy atom. The SMILES string of the molecule is NS(=O)(=O)C1CCC(CN2CCC(CNc3ncnc4sc(CC(F)(F)F)cc34)CC2)CC1. The number of nitrogens with one attached hydrogen (secondary N) is 1. The minimum Gasteiger partial charge on any atom is -0.369 e. The first-order valence-corrected chi connectivity index (χ1v) is 13.8. The predicted octanol–water partition coefficient (Wildman–Crippen LogP) is 3.77. The van der Waals surface area contributed by atoms with Crippen molar-refractivity contribution in [3.63, 3.8) is 0 Å². The number of sulfonamides is 1. The number of aromatic nitrogens is 2. The molecule has 2 fully saturated rings. The second-order valence-corrected chi connectivity index (χ2v) is 12.3. The Kier molecular flexibility index (Phi) is 7.47. The van der Waals surface area contributed by atoms with Crippen LogP contribution in [0.1, 0.15) is 43.4 Å². The molecule has 3 N–H and O–H groups in total. The molecule has 0 aromatic carbocycles. The van der Waals surface area contributed by atoms with Gasteiger partial charge in [-0.2, -0.15) is 13.2 Å². The van der Waals surface area contributed by atoms with Crippen molar-refractivity contribution < 1.29 is 21.6 Å². The van der Waals surface area contributed by atoms with E-state index >= 15 is 0 Å². The first-order chi connectivity index (χ1) is 15.6. The van der Waals surface area contributed by atoms with E-state index in [4.69, 9.17) is 5.14 Å². The van der Waals surface area contributed by atoms with Crippen molar-refractivity contribution in [2.75, 3.05) is 31.5 Å². The number of halogens is 3. The van der Waals surface area contributed by atoms with Crippen LogP contribution in [0.5, 0.6) is 0 Å². The van der Waals surface area contributed by atoms with Crippen molar-refractivity contribution in [1.82, 2.24) is 14.9 Å². The lowest BCUT2D eigenvalue weighted by molar-refractivity contribution is -0.126. The summed E-state index contributed by atoms with van der Waals surface area (Å²) in [6.07, 6.45) is 1.41. The number of rotatable bonds is 7. The minimum atomic E-state index is -4.24. The van der Waals surface area contributed by atoms with Gasteiger partial charge in [0.2, 0.25) is 10.0 Å². The van der Waals surface area contributed by atoms with Gasteiger partial charge in [-0.15, -0.1) is 11.3 Å². The Morgan fingerprint density at radius 3 is 2.42 bits per heavy atom. The molecule has 2 aliphatic rings. The highest BCUT2D eigenvalue weighted by Gasteiger charge is 2.31. The lowest BCUT2D eigenvalue weighted by atomic mass is 9.87. The average molecular weight is 506 g/mol. The fourth-order valence-corrected chi connectivity index (χ4v) is 6.91. The van der Waals surface area contributed by atoms with E-state index < -0.39 is 22.6 Å². The summed E-state index contributed by atoms with van der Waals surface area (Å²) in [5, 5.41) is 8.89. The van der Waals surface area contributed by atoms with Crippen LogP contribution >= 0.6 is 11.3 Å². The molecule has 7 nitrogen and oxygen atoms in total. The summed E-state index contributed by atoms with van der Waals surface area (Å²) < 4.78 is 61.2. The second kappa shape index (κ2) is 10.0. The Balaban J connectivity index is 1.23. The van der Waals surface area contributed by atoms with Crippen LogP contribution in [0.25, 0.3) is 10.2 Å². The average Bonchev–Trinajstić information content (AvgIpc) is 3.14. The van der Waals surface area contributed by atoms with Crippen LogP contribution in [0, 0.1) is 11.8 Å². The normalized spacial score (nSPS) is 23.8. The quantitative estimate of drug-likeness (QED) is 0.594. The molecule has 0 unspecified atom stereocenters. The minimum absolute atomic E-state index is 0.243. The van der Waals surface area contributed by atoms with Gasteiger partial charge in [0.05, 0.1) is 17.1 Å². The van der Waals surface area contributed by atoms with Crippen molar-refractivity contribution in [1.29, 1.82) is 0 Å². The molecule has 0 atom stereocenters. The number of anilines is 1. The number of thiophene rings is 1. The number of hydrogen-bond donors (Lipinski definition) is 2. The molecule has 1 saturated carbocycles. The standard InChI is InChI=1S/C21H30F3N5O2S2/c22-21(23,24)10-16-9-18-19(27-13-28-20(18)32-16)26-11-14-5-7-29(8-6-14)12-15-1-3-17(4-2-15)33(25,30)31/h9,13-15,17H,1-8,10-12H2,(H2,25,30,31)(H,26,27,28). The molecule has 1 saturated heterocycles. The number of likely N-dealkylation sites (tertiary alicyclic amines) is 1. The van der Waals surface area contributed by atoms with Crippen LogP contribution in [0.2, 0.25) is 0 Å². The summed E-state index contributed by atoms with van der Waals surface area (Å²) in [5.74, 6) is 1.59. The largest absolute Gasteiger partial charge is 0.393 e. The summed E-state index contributed by atoms with van der Waals surface area (Å²) >= 11 is 1.06. The van der Waals surface area contributed by atoms with E-state index in [1.54, 1.807) is 6.07 Å². The smallest absolute Gasteiger partial charge is 0.369 e. The molecule has 0 radical (unpaired) electrons. The summed E-state index contributed by atoms with van der Waals surface area (Å²) in [5.41, 5.74) is 0. The van der Waals surface area contributed by atoms with Crippen LogP contribution in [0.15, 0.2) is 12.4 Å². The number of piperidine rings is 1. The van der Waals surface area contributed by atoms with E-state index in [0.29, 0.717) is 40.7 Å². The van der Waals surface area contributed by atoms with E-state index in [1.807, 2.05) is 0 Å². The molecule has 0 bridgehead atoms. The number of nitrogens with two attached hydrogens (primary N) is 1. The fourth-order valence-electron chi connectivity index (χ4n) is 4.95. The molecule has 1 aliphatic carbocycles. The summed E-state index contributed by atoms with van der Waals surface area (Å²) in [6.45, 7) is 3.72. The molecular formula is C21H30F3N5O2S2. The van der Waals surface area contributed by atoms with Crippen molar-refractivity contribution in [2.24, 2.45) is 17.0 Å². The van der Waals surface area contributed by atoms with Crippen LogP contribution < -0.4 is 10.5 Å². The zero-order valence-electron chi connectivity index (χ0n) is 18.4. The highest BCUT2D eigenvalue weighted by molar-refractivity contribution is 7.89. The number of primary sulfonamides is 1. The zero-order chi connectivity index (χ0) is 23.6. The number of fused-ring (bicyclic) bond motifs is 1. The third-order valence-corrected chi connectivity index (χ3v) is 9.24. The highest BCUT2D eigenvalue weighted by Crippen LogP contribution is 2.33. The second-order valence-electron chi connectivity index (χ2n) is 9.30. The molecule has 12 heteroatoms. The predicted molar refractivity (Wildman–Crippen MR) is 124 cm³/mol. The molecule has 33 heavy (non-hydrogen) atoms. The van der Waals surface area contributed by atoms with Crippen molar-refractivity contribution in [3.8, 4) is 0 Å². The summed E-state index contributed by atoms with van der Waals surface area (Å²) in [7, 11) is -3.42. The topological polar surface area (TPSA) is 101 Å². The zero-order valence-corrected chi connectivity index (χ0v) is 20.0. The van der Waals surface area contributed by atoms with E-state index in [-0.39, 0.29) is 10.1 Å². The van der Waals surface area contributed by atoms with Gasteiger partial charge in [-0.25, -0.2) is 23.5 Å². The Hall–Kier alpha value is -1.50. The molecule has 4 rings (SSSR count). The van der Waals surface area contributed by atoms with E-state index in [0.717, 1.165) is 63.2 Å². The molecule has 2 aromatic heterocycles. The van der Waals surface area contributed by atoms with Crippen molar-refractivity contribution in [3.05, 3.63) is 17.3 Å². The third-order valence-electron chi connectivity index (χ3n) is 6.80. The molecule has 3 heterocycles. The van der Waals surface area contributed by atoms with Gasteiger partial charge in [0, 0.05) is 18.0 Å². The van der Waals surface area contributed by atoms with Gasteiger partial charge in [0.25, 0.3) is 0 Å². The third kappa shape index (κ3) is 6.77. The maximum Gasteiger partial charge on any atom is 0.393 e. The maximum absolute atomic E-state index is 12.7. The monoisotopic (exact) mass is 505 g/mol. The molecule has 184 valence electrons. The lowest BCUT2D eigenvalue weighted by Gasteiger charge is -2.36. The Morgan fingerprint density at radius 1 is 1.09 bits per heavy atom. The molecular weight excluding hydrogens is 475 g/mol.